The zero-order chi connectivity index (χ0) is 20.3. The highest BCUT2D eigenvalue weighted by Crippen LogP contribution is 2.41. The Morgan fingerprint density at radius 3 is 2.68 bits per heavy atom. The molecule has 0 bridgehead atoms. The number of hydrogen-bond acceptors (Lipinski definition) is 5. The average Bonchev–Trinajstić information content (AvgIpc) is 3.38. The molecule has 2 atom stereocenters. The Kier molecular flexibility index (Phi) is 6.85. The molecular weight excluding hydrogens is 404 g/mol. The second kappa shape index (κ2) is 9.15. The van der Waals surface area contributed by atoms with Crippen LogP contribution >= 0.6 is 23.5 Å². The first-order chi connectivity index (χ1) is 13.5. The number of halogens is 3. The van der Waals surface area contributed by atoms with Crippen LogP contribution < -0.4 is 4.84 Å². The van der Waals surface area contributed by atoms with Crippen LogP contribution in [0, 0.1) is 18.6 Å². The van der Waals surface area contributed by atoms with E-state index in [0.29, 0.717) is 0 Å². The predicted molar refractivity (Wildman–Crippen MR) is 109 cm³/mol. The minimum absolute atomic E-state index is 0.200. The van der Waals surface area contributed by atoms with Crippen LogP contribution in [0.1, 0.15) is 36.9 Å². The summed E-state index contributed by atoms with van der Waals surface area (Å²) in [5.41, 5.74) is 2.76. The molecule has 3 aromatic rings. The van der Waals surface area contributed by atoms with Crippen LogP contribution in [0.2, 0.25) is 0 Å². The SMILES string of the molecule is CCCn1ncc2c(C)nc(SC)nc21.Fc1ccc([C@@H]2CC2NCl)cc1F. The van der Waals surface area contributed by atoms with Gasteiger partial charge in [-0.05, 0) is 55.5 Å². The lowest BCUT2D eigenvalue weighted by atomic mass is 10.1. The van der Waals surface area contributed by atoms with Crippen LogP contribution in [-0.2, 0) is 6.54 Å². The van der Waals surface area contributed by atoms with Gasteiger partial charge in [-0.2, -0.15) is 5.10 Å². The van der Waals surface area contributed by atoms with Gasteiger partial charge in [-0.1, -0.05) is 24.8 Å². The van der Waals surface area contributed by atoms with Crippen molar-refractivity contribution < 1.29 is 8.78 Å². The minimum Gasteiger partial charge on any atom is -0.247 e. The number of rotatable bonds is 5. The second-order valence-electron chi connectivity index (χ2n) is 6.63. The number of hydrogen-bond donors (Lipinski definition) is 1. The summed E-state index contributed by atoms with van der Waals surface area (Å²) in [6.45, 7) is 5.05. The first kappa shape index (κ1) is 21.0. The highest BCUT2D eigenvalue weighted by Gasteiger charge is 2.38. The molecule has 0 aliphatic heterocycles. The molecule has 28 heavy (non-hydrogen) atoms. The van der Waals surface area contributed by atoms with Crippen molar-refractivity contribution in [3.05, 3.63) is 47.3 Å². The van der Waals surface area contributed by atoms with Gasteiger partial charge in [0.15, 0.2) is 22.4 Å². The van der Waals surface area contributed by atoms with Gasteiger partial charge in [0.1, 0.15) is 0 Å². The Morgan fingerprint density at radius 1 is 1.29 bits per heavy atom. The van der Waals surface area contributed by atoms with Crippen molar-refractivity contribution in [3.8, 4) is 0 Å². The van der Waals surface area contributed by atoms with E-state index in [9.17, 15) is 8.78 Å². The summed E-state index contributed by atoms with van der Waals surface area (Å²) in [6, 6.07) is 4.17. The van der Waals surface area contributed by atoms with Gasteiger partial charge in [0.2, 0.25) is 0 Å². The molecule has 9 heteroatoms. The highest BCUT2D eigenvalue weighted by molar-refractivity contribution is 7.98. The Hall–Kier alpha value is -1.77. The third kappa shape index (κ3) is 4.61. The van der Waals surface area contributed by atoms with E-state index in [1.54, 1.807) is 17.8 Å². The molecule has 1 fully saturated rings. The monoisotopic (exact) mass is 425 g/mol. The average molecular weight is 426 g/mol. The largest absolute Gasteiger partial charge is 0.247 e. The molecule has 0 saturated heterocycles. The van der Waals surface area contributed by atoms with Gasteiger partial charge in [-0.3, -0.25) is 0 Å². The number of nitrogens with zero attached hydrogens (tertiary/aromatic N) is 4. The third-order valence-electron chi connectivity index (χ3n) is 4.59. The maximum absolute atomic E-state index is 12.8. The summed E-state index contributed by atoms with van der Waals surface area (Å²) in [6.07, 6.45) is 5.79. The molecule has 1 aliphatic carbocycles. The van der Waals surface area contributed by atoms with Crippen LogP contribution in [0.4, 0.5) is 8.78 Å². The van der Waals surface area contributed by atoms with E-state index >= 15 is 0 Å². The molecule has 4 rings (SSSR count). The van der Waals surface area contributed by atoms with Crippen molar-refractivity contribution in [3.63, 3.8) is 0 Å². The number of aromatic nitrogens is 4. The number of benzene rings is 1. The third-order valence-corrected chi connectivity index (χ3v) is 5.41. The summed E-state index contributed by atoms with van der Waals surface area (Å²) in [4.78, 5) is 11.5. The first-order valence-electron chi connectivity index (χ1n) is 9.03. The normalized spacial score (nSPS) is 18.1. The van der Waals surface area contributed by atoms with Crippen LogP contribution in [0.5, 0.6) is 0 Å². The van der Waals surface area contributed by atoms with E-state index in [0.717, 1.165) is 52.9 Å². The van der Waals surface area contributed by atoms with Gasteiger partial charge in [0, 0.05) is 18.5 Å². The van der Waals surface area contributed by atoms with E-state index in [-0.39, 0.29) is 12.0 Å². The molecule has 5 nitrogen and oxygen atoms in total. The summed E-state index contributed by atoms with van der Waals surface area (Å²) >= 11 is 6.96. The maximum Gasteiger partial charge on any atom is 0.189 e. The second-order valence-corrected chi connectivity index (χ2v) is 7.62. The fourth-order valence-electron chi connectivity index (χ4n) is 2.97. The van der Waals surface area contributed by atoms with Gasteiger partial charge in [-0.15, -0.1) is 0 Å². The van der Waals surface area contributed by atoms with Crippen LogP contribution in [0.15, 0.2) is 29.6 Å². The van der Waals surface area contributed by atoms with Gasteiger partial charge in [-0.25, -0.2) is 28.3 Å². The lowest BCUT2D eigenvalue weighted by molar-refractivity contribution is 0.507. The highest BCUT2D eigenvalue weighted by atomic mass is 35.5. The molecule has 0 radical (unpaired) electrons. The molecule has 1 aromatic carbocycles. The van der Waals surface area contributed by atoms with Crippen molar-refractivity contribution in [1.29, 1.82) is 0 Å². The zero-order valence-electron chi connectivity index (χ0n) is 15.9. The Balaban J connectivity index is 0.000000162. The molecule has 1 aliphatic rings. The van der Waals surface area contributed by atoms with E-state index < -0.39 is 11.6 Å². The zero-order valence-corrected chi connectivity index (χ0v) is 17.5. The maximum atomic E-state index is 12.8. The van der Waals surface area contributed by atoms with Crippen molar-refractivity contribution in [2.75, 3.05) is 6.26 Å². The standard InChI is InChI=1S/C10H14N4S.C9H8ClF2N/c1-4-5-14-9-8(6-11-14)7(2)12-10(13-9)15-3;10-13-9-4-6(9)5-1-2-7(11)8(12)3-5/h6H,4-5H2,1-3H3;1-3,6,9,13H,4H2/t;6-,9?/m.0/s1. The summed E-state index contributed by atoms with van der Waals surface area (Å²) in [5.74, 6) is -1.37. The fraction of sp³-hybridized carbons (Fsp3) is 0.421. The van der Waals surface area contributed by atoms with Crippen molar-refractivity contribution >= 4 is 34.6 Å². The Morgan fingerprint density at radius 2 is 2.07 bits per heavy atom. The lowest BCUT2D eigenvalue weighted by Gasteiger charge is -2.02. The predicted octanol–water partition coefficient (Wildman–Crippen LogP) is 4.83. The number of fused-ring (bicyclic) bond motifs is 1. The molecular formula is C19H22ClF2N5S. The molecule has 0 amide bonds. The smallest absolute Gasteiger partial charge is 0.189 e. The van der Waals surface area contributed by atoms with Gasteiger partial charge < -0.3 is 0 Å². The van der Waals surface area contributed by atoms with E-state index in [1.165, 1.54) is 6.07 Å². The Labute approximate surface area is 172 Å². The molecule has 2 heterocycles. The summed E-state index contributed by atoms with van der Waals surface area (Å²) in [5, 5.41) is 6.20. The topological polar surface area (TPSA) is 55.6 Å². The van der Waals surface area contributed by atoms with Gasteiger partial charge in [0.25, 0.3) is 0 Å². The van der Waals surface area contributed by atoms with Crippen LogP contribution in [0.3, 0.4) is 0 Å². The van der Waals surface area contributed by atoms with E-state index in [2.05, 4.69) is 26.8 Å². The van der Waals surface area contributed by atoms with E-state index in [1.807, 2.05) is 24.1 Å². The first-order valence-corrected chi connectivity index (χ1v) is 10.6. The number of nitrogens with one attached hydrogen (secondary N) is 1. The van der Waals surface area contributed by atoms with Gasteiger partial charge in [0.05, 0.1) is 17.3 Å². The Bertz CT molecular complexity index is 965. The molecule has 1 N–H and O–H groups in total. The number of aryl methyl sites for hydroxylation is 2. The van der Waals surface area contributed by atoms with Crippen LogP contribution in [0.25, 0.3) is 11.0 Å². The molecule has 1 saturated carbocycles. The van der Waals surface area contributed by atoms with Crippen LogP contribution in [-0.4, -0.2) is 32.0 Å². The van der Waals surface area contributed by atoms with E-state index in [4.69, 9.17) is 11.8 Å². The molecule has 150 valence electrons. The lowest BCUT2D eigenvalue weighted by Crippen LogP contribution is -2.03. The summed E-state index contributed by atoms with van der Waals surface area (Å²) in [7, 11) is 0. The van der Waals surface area contributed by atoms with Gasteiger partial charge >= 0.3 is 0 Å². The molecule has 2 aromatic heterocycles. The quantitative estimate of drug-likeness (QED) is 0.360. The van der Waals surface area contributed by atoms with Crippen molar-refractivity contribution in [2.24, 2.45) is 0 Å². The van der Waals surface area contributed by atoms with Crippen molar-refractivity contribution in [1.82, 2.24) is 24.6 Å². The van der Waals surface area contributed by atoms with Crippen molar-refractivity contribution in [2.45, 2.75) is 50.4 Å². The summed E-state index contributed by atoms with van der Waals surface area (Å²) < 4.78 is 27.3. The minimum atomic E-state index is -0.806. The molecule has 1 unspecified atom stereocenters. The molecule has 0 spiro atoms. The number of thioether (sulfide) groups is 1. The fourth-order valence-corrected chi connectivity index (χ4v) is 3.61.